The Balaban J connectivity index is 2.21. The molecule has 1 aliphatic rings. The molecule has 6 heteroatoms. The summed E-state index contributed by atoms with van der Waals surface area (Å²) in [7, 11) is 0. The van der Waals surface area contributed by atoms with Crippen LogP contribution in [0.1, 0.15) is 60.1 Å². The monoisotopic (exact) mass is 335 g/mol. The van der Waals surface area contributed by atoms with Crippen molar-refractivity contribution in [1.82, 2.24) is 14.5 Å². The quantitative estimate of drug-likeness (QED) is 0.867. The van der Waals surface area contributed by atoms with Crippen LogP contribution < -0.4 is 11.1 Å². The van der Waals surface area contributed by atoms with Gasteiger partial charge in [-0.3, -0.25) is 9.69 Å². The number of carbonyl (C=O) groups is 1. The SMILES string of the molecule is CCCC(N)C(=O)Nc1ncn2c1CN(CC(C)(C)C)CC2(C)C. The van der Waals surface area contributed by atoms with Gasteiger partial charge >= 0.3 is 0 Å². The summed E-state index contributed by atoms with van der Waals surface area (Å²) >= 11 is 0. The zero-order valence-electron chi connectivity index (χ0n) is 16.0. The van der Waals surface area contributed by atoms with E-state index in [2.05, 4.69) is 54.4 Å². The summed E-state index contributed by atoms with van der Waals surface area (Å²) in [6.45, 7) is 16.0. The predicted octanol–water partition coefficient (Wildman–Crippen LogP) is 2.55. The fraction of sp³-hybridized carbons (Fsp3) is 0.778. The number of anilines is 1. The highest BCUT2D eigenvalue weighted by Gasteiger charge is 2.35. The average Bonchev–Trinajstić information content (AvgIpc) is 2.80. The third kappa shape index (κ3) is 4.36. The highest BCUT2D eigenvalue weighted by molar-refractivity contribution is 5.94. The van der Waals surface area contributed by atoms with Crippen LogP contribution in [0, 0.1) is 5.41 Å². The molecule has 0 spiro atoms. The van der Waals surface area contributed by atoms with Crippen molar-refractivity contribution in [1.29, 1.82) is 0 Å². The summed E-state index contributed by atoms with van der Waals surface area (Å²) in [5, 5.41) is 2.93. The molecule has 1 unspecified atom stereocenters. The van der Waals surface area contributed by atoms with Crippen molar-refractivity contribution in [3.8, 4) is 0 Å². The molecule has 1 aliphatic heterocycles. The van der Waals surface area contributed by atoms with E-state index in [0.717, 1.165) is 31.7 Å². The van der Waals surface area contributed by atoms with Crippen LogP contribution in [-0.2, 0) is 16.9 Å². The molecule has 0 saturated carbocycles. The number of imidazole rings is 1. The molecular formula is C18H33N5O. The number of amides is 1. The van der Waals surface area contributed by atoms with Crippen LogP contribution in [0.25, 0.3) is 0 Å². The first-order valence-corrected chi connectivity index (χ1v) is 8.89. The topological polar surface area (TPSA) is 76.2 Å². The predicted molar refractivity (Wildman–Crippen MR) is 97.8 cm³/mol. The second kappa shape index (κ2) is 6.84. The lowest BCUT2D eigenvalue weighted by Crippen LogP contribution is -2.48. The number of carbonyl (C=O) groups excluding carboxylic acids is 1. The van der Waals surface area contributed by atoms with E-state index in [4.69, 9.17) is 5.73 Å². The molecular weight excluding hydrogens is 302 g/mol. The zero-order chi connectivity index (χ0) is 18.1. The van der Waals surface area contributed by atoms with Gasteiger partial charge in [0.05, 0.1) is 23.6 Å². The molecule has 0 aliphatic carbocycles. The van der Waals surface area contributed by atoms with Gasteiger partial charge in [-0.25, -0.2) is 4.98 Å². The lowest BCUT2D eigenvalue weighted by molar-refractivity contribution is -0.117. The van der Waals surface area contributed by atoms with E-state index < -0.39 is 6.04 Å². The van der Waals surface area contributed by atoms with Gasteiger partial charge in [-0.2, -0.15) is 0 Å². The van der Waals surface area contributed by atoms with Gasteiger partial charge in [0, 0.05) is 19.6 Å². The molecule has 6 nitrogen and oxygen atoms in total. The van der Waals surface area contributed by atoms with Crippen LogP contribution in [0.4, 0.5) is 5.82 Å². The molecule has 1 aromatic heterocycles. The Morgan fingerprint density at radius 2 is 2.12 bits per heavy atom. The van der Waals surface area contributed by atoms with E-state index in [9.17, 15) is 4.79 Å². The summed E-state index contributed by atoms with van der Waals surface area (Å²) in [5.41, 5.74) is 7.16. The molecule has 3 N–H and O–H groups in total. The van der Waals surface area contributed by atoms with Crippen molar-refractivity contribution in [2.45, 2.75) is 72.5 Å². The molecule has 2 heterocycles. The largest absolute Gasteiger partial charge is 0.325 e. The van der Waals surface area contributed by atoms with E-state index in [-0.39, 0.29) is 16.9 Å². The van der Waals surface area contributed by atoms with Gasteiger partial charge in [-0.15, -0.1) is 0 Å². The van der Waals surface area contributed by atoms with E-state index in [1.54, 1.807) is 0 Å². The third-order valence-electron chi connectivity index (χ3n) is 4.38. The van der Waals surface area contributed by atoms with E-state index >= 15 is 0 Å². The number of nitrogens with one attached hydrogen (secondary N) is 1. The summed E-state index contributed by atoms with van der Waals surface area (Å²) in [6, 6.07) is -0.477. The van der Waals surface area contributed by atoms with E-state index in [1.807, 2.05) is 13.3 Å². The average molecular weight is 335 g/mol. The first-order chi connectivity index (χ1) is 11.0. The van der Waals surface area contributed by atoms with E-state index in [1.165, 1.54) is 0 Å². The molecule has 24 heavy (non-hydrogen) atoms. The Morgan fingerprint density at radius 1 is 1.46 bits per heavy atom. The molecule has 1 amide bonds. The lowest BCUT2D eigenvalue weighted by atomic mass is 9.93. The van der Waals surface area contributed by atoms with Crippen molar-refractivity contribution >= 4 is 11.7 Å². The maximum Gasteiger partial charge on any atom is 0.242 e. The summed E-state index contributed by atoms with van der Waals surface area (Å²) in [5.74, 6) is 0.502. The second-order valence-corrected chi connectivity index (χ2v) is 8.81. The second-order valence-electron chi connectivity index (χ2n) is 8.81. The molecule has 1 aromatic rings. The maximum atomic E-state index is 12.3. The van der Waals surface area contributed by atoms with Gasteiger partial charge in [-0.1, -0.05) is 34.1 Å². The van der Waals surface area contributed by atoms with Crippen molar-refractivity contribution < 1.29 is 4.79 Å². The standard InChI is InChI=1S/C18H33N5O/c1-7-8-13(19)16(24)21-15-14-9-22(10-17(2,3)4)11-18(5,6)23(14)12-20-15/h12-13H,7-11,19H2,1-6H3,(H,21,24). The Hall–Kier alpha value is -1.40. The van der Waals surface area contributed by atoms with Crippen molar-refractivity contribution in [3.05, 3.63) is 12.0 Å². The van der Waals surface area contributed by atoms with Crippen molar-refractivity contribution in [2.75, 3.05) is 18.4 Å². The highest BCUT2D eigenvalue weighted by atomic mass is 16.2. The number of nitrogens with two attached hydrogens (primary N) is 1. The number of nitrogens with zero attached hydrogens (tertiary/aromatic N) is 3. The fourth-order valence-electron chi connectivity index (χ4n) is 3.48. The first kappa shape index (κ1) is 18.9. The molecule has 136 valence electrons. The molecule has 1 atom stereocenters. The summed E-state index contributed by atoms with van der Waals surface area (Å²) in [6.07, 6.45) is 3.41. The maximum absolute atomic E-state index is 12.3. The Bertz CT molecular complexity index is 585. The smallest absolute Gasteiger partial charge is 0.242 e. The summed E-state index contributed by atoms with van der Waals surface area (Å²) < 4.78 is 2.19. The normalized spacial score (nSPS) is 19.0. The van der Waals surface area contributed by atoms with Crippen molar-refractivity contribution in [3.63, 3.8) is 0 Å². The minimum absolute atomic E-state index is 0.0552. The van der Waals surface area contributed by atoms with Gasteiger partial charge in [0.2, 0.25) is 5.91 Å². The highest BCUT2D eigenvalue weighted by Crippen LogP contribution is 2.32. The molecule has 0 fully saturated rings. The van der Waals surface area contributed by atoms with Gasteiger partial charge in [-0.05, 0) is 25.7 Å². The Kier molecular flexibility index (Phi) is 5.40. The minimum Gasteiger partial charge on any atom is -0.325 e. The molecule has 0 aromatic carbocycles. The molecule has 0 bridgehead atoms. The number of fused-ring (bicyclic) bond motifs is 1. The van der Waals surface area contributed by atoms with Crippen LogP contribution in [-0.4, -0.2) is 39.5 Å². The number of aromatic nitrogens is 2. The van der Waals surface area contributed by atoms with Gasteiger partial charge in [0.1, 0.15) is 0 Å². The van der Waals surface area contributed by atoms with Crippen LogP contribution in [0.5, 0.6) is 0 Å². The van der Waals surface area contributed by atoms with Crippen LogP contribution in [0.2, 0.25) is 0 Å². The molecule has 0 radical (unpaired) electrons. The van der Waals surface area contributed by atoms with Crippen molar-refractivity contribution in [2.24, 2.45) is 11.1 Å². The number of hydrogen-bond acceptors (Lipinski definition) is 4. The lowest BCUT2D eigenvalue weighted by Gasteiger charge is -2.42. The third-order valence-corrected chi connectivity index (χ3v) is 4.38. The molecule has 2 rings (SSSR count). The van der Waals surface area contributed by atoms with Crippen LogP contribution in [0.15, 0.2) is 6.33 Å². The van der Waals surface area contributed by atoms with E-state index in [0.29, 0.717) is 12.2 Å². The summed E-state index contributed by atoms with van der Waals surface area (Å²) in [4.78, 5) is 19.2. The number of hydrogen-bond donors (Lipinski definition) is 2. The minimum atomic E-state index is -0.477. The zero-order valence-corrected chi connectivity index (χ0v) is 16.0. The fourth-order valence-corrected chi connectivity index (χ4v) is 3.48. The Morgan fingerprint density at radius 3 is 2.71 bits per heavy atom. The van der Waals surface area contributed by atoms with Crippen LogP contribution in [0.3, 0.4) is 0 Å². The Labute approximate surface area is 145 Å². The van der Waals surface area contributed by atoms with Gasteiger partial charge in [0.15, 0.2) is 5.82 Å². The molecule has 0 saturated heterocycles. The van der Waals surface area contributed by atoms with Crippen LogP contribution >= 0.6 is 0 Å². The van der Waals surface area contributed by atoms with Gasteiger partial charge in [0.25, 0.3) is 0 Å². The van der Waals surface area contributed by atoms with Gasteiger partial charge < -0.3 is 15.6 Å². The first-order valence-electron chi connectivity index (χ1n) is 8.89. The number of rotatable bonds is 5.